The fourth-order valence-corrected chi connectivity index (χ4v) is 3.65. The Kier molecular flexibility index (Phi) is 3.98. The molecular formula is C11H12ClNO5S. The number of aliphatic carboxylic acids is 1. The molecule has 104 valence electrons. The predicted molar refractivity (Wildman–Crippen MR) is 67.3 cm³/mol. The molecule has 8 heteroatoms. The van der Waals surface area contributed by atoms with Crippen molar-refractivity contribution < 1.29 is 22.7 Å². The molecule has 1 aliphatic carbocycles. The smallest absolute Gasteiger partial charge is 0.308 e. The van der Waals surface area contributed by atoms with E-state index in [4.69, 9.17) is 21.1 Å². The first-order valence-electron chi connectivity index (χ1n) is 5.55. The van der Waals surface area contributed by atoms with Gasteiger partial charge in [0.15, 0.2) is 0 Å². The Bertz CT molecular complexity index is 606. The summed E-state index contributed by atoms with van der Waals surface area (Å²) in [5.74, 6) is -1.82. The van der Waals surface area contributed by atoms with Crippen LogP contribution in [0.2, 0.25) is 5.22 Å². The first-order chi connectivity index (χ1) is 8.92. The van der Waals surface area contributed by atoms with E-state index < -0.39 is 28.0 Å². The van der Waals surface area contributed by atoms with Crippen LogP contribution in [0.25, 0.3) is 0 Å². The zero-order chi connectivity index (χ0) is 14.0. The van der Waals surface area contributed by atoms with E-state index in [1.165, 1.54) is 6.07 Å². The molecule has 2 rings (SSSR count). The van der Waals surface area contributed by atoms with Crippen molar-refractivity contribution in [3.8, 4) is 0 Å². The third-order valence-corrected chi connectivity index (χ3v) is 4.85. The highest BCUT2D eigenvalue weighted by molar-refractivity contribution is 7.89. The Morgan fingerprint density at radius 1 is 1.42 bits per heavy atom. The van der Waals surface area contributed by atoms with Crippen LogP contribution in [0.5, 0.6) is 0 Å². The summed E-state index contributed by atoms with van der Waals surface area (Å²) >= 11 is 5.62. The van der Waals surface area contributed by atoms with E-state index in [-0.39, 0.29) is 10.1 Å². The summed E-state index contributed by atoms with van der Waals surface area (Å²) in [7, 11) is -3.89. The van der Waals surface area contributed by atoms with Crippen LogP contribution in [0, 0.1) is 5.92 Å². The second kappa shape index (κ2) is 5.36. The lowest BCUT2D eigenvalue weighted by molar-refractivity contribution is -0.142. The number of carbonyl (C=O) groups is 1. The number of carboxylic acid groups (broad SMARTS) is 1. The van der Waals surface area contributed by atoms with Crippen molar-refractivity contribution in [3.63, 3.8) is 0 Å². The minimum absolute atomic E-state index is 0.187. The van der Waals surface area contributed by atoms with E-state index in [2.05, 4.69) is 4.72 Å². The van der Waals surface area contributed by atoms with Crippen molar-refractivity contribution in [2.45, 2.75) is 23.8 Å². The Morgan fingerprint density at radius 3 is 2.68 bits per heavy atom. The summed E-state index contributed by atoms with van der Waals surface area (Å²) in [6, 6.07) is 0.525. The summed E-state index contributed by atoms with van der Waals surface area (Å²) < 4.78 is 31.3. The number of carboxylic acids is 1. The predicted octanol–water partition coefficient (Wildman–Crippen LogP) is 1.63. The third kappa shape index (κ3) is 2.99. The molecule has 1 aromatic rings. The van der Waals surface area contributed by atoms with Gasteiger partial charge in [-0.3, -0.25) is 4.79 Å². The molecule has 2 N–H and O–H groups in total. The van der Waals surface area contributed by atoms with Gasteiger partial charge in [-0.1, -0.05) is 12.2 Å². The van der Waals surface area contributed by atoms with Crippen molar-refractivity contribution in [1.29, 1.82) is 0 Å². The van der Waals surface area contributed by atoms with Gasteiger partial charge in [0, 0.05) is 6.04 Å². The van der Waals surface area contributed by atoms with Crippen LogP contribution < -0.4 is 4.72 Å². The summed E-state index contributed by atoms with van der Waals surface area (Å²) in [6.45, 7) is 0. The van der Waals surface area contributed by atoms with Crippen LogP contribution >= 0.6 is 11.6 Å². The maximum Gasteiger partial charge on any atom is 0.308 e. The number of rotatable bonds is 4. The lowest BCUT2D eigenvalue weighted by Gasteiger charge is -2.25. The van der Waals surface area contributed by atoms with Crippen molar-refractivity contribution in [1.82, 2.24) is 4.72 Å². The maximum absolute atomic E-state index is 12.1. The SMILES string of the molecule is O=C(O)[C@@H]1CC=CC[C@@H]1NS(=O)(=O)c1ccoc1Cl. The molecule has 0 saturated heterocycles. The number of halogens is 1. The zero-order valence-electron chi connectivity index (χ0n) is 9.74. The van der Waals surface area contributed by atoms with Gasteiger partial charge in [-0.05, 0) is 30.5 Å². The number of sulfonamides is 1. The molecule has 0 bridgehead atoms. The van der Waals surface area contributed by atoms with Crippen molar-refractivity contribution in [3.05, 3.63) is 29.7 Å². The number of hydrogen-bond donors (Lipinski definition) is 2. The van der Waals surface area contributed by atoms with Gasteiger partial charge in [0.1, 0.15) is 4.90 Å². The highest BCUT2D eigenvalue weighted by atomic mass is 35.5. The first-order valence-corrected chi connectivity index (χ1v) is 7.41. The molecule has 0 fully saturated rings. The minimum Gasteiger partial charge on any atom is -0.481 e. The van der Waals surface area contributed by atoms with Gasteiger partial charge in [0.05, 0.1) is 12.2 Å². The van der Waals surface area contributed by atoms with Crippen molar-refractivity contribution in [2.24, 2.45) is 5.92 Å². The van der Waals surface area contributed by atoms with Gasteiger partial charge in [-0.2, -0.15) is 0 Å². The largest absolute Gasteiger partial charge is 0.481 e. The lowest BCUT2D eigenvalue weighted by Crippen LogP contribution is -2.43. The minimum atomic E-state index is -3.89. The van der Waals surface area contributed by atoms with Crippen molar-refractivity contribution in [2.75, 3.05) is 0 Å². The van der Waals surface area contributed by atoms with Crippen LogP contribution in [-0.4, -0.2) is 25.5 Å². The van der Waals surface area contributed by atoms with Crippen molar-refractivity contribution >= 4 is 27.6 Å². The molecule has 1 heterocycles. The van der Waals surface area contributed by atoms with Gasteiger partial charge < -0.3 is 9.52 Å². The van der Waals surface area contributed by atoms with Crippen LogP contribution in [-0.2, 0) is 14.8 Å². The number of nitrogens with one attached hydrogen (secondary N) is 1. The van der Waals surface area contributed by atoms with E-state index in [1.54, 1.807) is 12.2 Å². The Labute approximate surface area is 115 Å². The van der Waals surface area contributed by atoms with E-state index in [0.29, 0.717) is 12.8 Å². The topological polar surface area (TPSA) is 96.6 Å². The highest BCUT2D eigenvalue weighted by Gasteiger charge is 2.33. The summed E-state index contributed by atoms with van der Waals surface area (Å²) in [6.07, 6.45) is 5.26. The molecule has 2 atom stereocenters. The normalized spacial score (nSPS) is 23.4. The summed E-state index contributed by atoms with van der Waals surface area (Å²) in [5, 5.41) is 8.83. The monoisotopic (exact) mass is 305 g/mol. The van der Waals surface area contributed by atoms with E-state index in [0.717, 1.165) is 6.26 Å². The molecule has 0 spiro atoms. The summed E-state index contributed by atoms with van der Waals surface area (Å²) in [5.41, 5.74) is 0. The van der Waals surface area contributed by atoms with Gasteiger partial charge in [0.25, 0.3) is 0 Å². The molecule has 0 unspecified atom stereocenters. The zero-order valence-corrected chi connectivity index (χ0v) is 11.3. The lowest BCUT2D eigenvalue weighted by atomic mass is 9.90. The highest BCUT2D eigenvalue weighted by Crippen LogP contribution is 2.25. The second-order valence-corrected chi connectivity index (χ2v) is 6.20. The molecule has 0 aliphatic heterocycles. The number of allylic oxidation sites excluding steroid dienone is 1. The molecule has 19 heavy (non-hydrogen) atoms. The summed E-state index contributed by atoms with van der Waals surface area (Å²) in [4.78, 5) is 10.9. The molecule has 0 radical (unpaired) electrons. The van der Waals surface area contributed by atoms with E-state index in [1.807, 2.05) is 0 Å². The van der Waals surface area contributed by atoms with Gasteiger partial charge in [-0.25, -0.2) is 13.1 Å². The molecule has 1 aliphatic rings. The van der Waals surface area contributed by atoms with Crippen LogP contribution in [0.15, 0.2) is 33.8 Å². The molecule has 0 aromatic carbocycles. The van der Waals surface area contributed by atoms with Gasteiger partial charge in [-0.15, -0.1) is 0 Å². The quantitative estimate of drug-likeness (QED) is 0.824. The molecular weight excluding hydrogens is 294 g/mol. The fraction of sp³-hybridized carbons (Fsp3) is 0.364. The molecule has 6 nitrogen and oxygen atoms in total. The Balaban J connectivity index is 2.22. The molecule has 0 amide bonds. The number of hydrogen-bond acceptors (Lipinski definition) is 4. The van der Waals surface area contributed by atoms with E-state index >= 15 is 0 Å². The van der Waals surface area contributed by atoms with Crippen LogP contribution in [0.3, 0.4) is 0 Å². The average Bonchev–Trinajstić information content (AvgIpc) is 2.76. The Morgan fingerprint density at radius 2 is 2.11 bits per heavy atom. The second-order valence-electron chi connectivity index (χ2n) is 4.17. The first kappa shape index (κ1) is 14.1. The molecule has 1 aromatic heterocycles. The third-order valence-electron chi connectivity index (χ3n) is 2.93. The van der Waals surface area contributed by atoms with E-state index in [9.17, 15) is 13.2 Å². The maximum atomic E-state index is 12.1. The number of furan rings is 1. The van der Waals surface area contributed by atoms with Gasteiger partial charge in [0.2, 0.25) is 15.2 Å². The van der Waals surface area contributed by atoms with Gasteiger partial charge >= 0.3 is 5.97 Å². The average molecular weight is 306 g/mol. The fourth-order valence-electron chi connectivity index (χ4n) is 1.95. The van der Waals surface area contributed by atoms with Crippen LogP contribution in [0.4, 0.5) is 0 Å². The molecule has 0 saturated carbocycles. The Hall–Kier alpha value is -1.31. The van der Waals surface area contributed by atoms with Crippen LogP contribution in [0.1, 0.15) is 12.8 Å². The standard InChI is InChI=1S/C11H12ClNO5S/c12-10-9(5-6-18-10)19(16,17)13-8-4-2-1-3-7(8)11(14)15/h1-2,5-8,13H,3-4H2,(H,14,15)/t7-,8+/m1/s1.